The number of nitrogens with one attached hydrogen (secondary N) is 1. The monoisotopic (exact) mass is 217 g/mol. The van der Waals surface area contributed by atoms with Crippen LogP contribution in [-0.2, 0) is 4.79 Å². The van der Waals surface area contributed by atoms with Gasteiger partial charge in [-0.1, -0.05) is 12.2 Å². The molecule has 0 aliphatic rings. The minimum atomic E-state index is -0.375. The Morgan fingerprint density at radius 2 is 2.31 bits per heavy atom. The standard InChI is InChI=1S/C10H11N5O/c11-7(16)3-1-2-6-4-13-10-8(6)9(12)14-5-15-10/h1-2,4-5H,3H2,(H2,11,16)(H3,12,13,14,15). The van der Waals surface area contributed by atoms with Crippen LogP contribution in [-0.4, -0.2) is 20.9 Å². The van der Waals surface area contributed by atoms with Gasteiger partial charge < -0.3 is 16.5 Å². The van der Waals surface area contributed by atoms with Gasteiger partial charge in [0, 0.05) is 18.2 Å². The van der Waals surface area contributed by atoms with Crippen LogP contribution in [0.2, 0.25) is 0 Å². The molecule has 0 saturated heterocycles. The van der Waals surface area contributed by atoms with Crippen LogP contribution in [0.25, 0.3) is 17.1 Å². The number of amides is 1. The molecule has 6 nitrogen and oxygen atoms in total. The number of primary amides is 1. The van der Waals surface area contributed by atoms with E-state index in [2.05, 4.69) is 15.0 Å². The molecule has 2 aromatic rings. The first-order valence-electron chi connectivity index (χ1n) is 4.71. The molecule has 0 radical (unpaired) electrons. The first-order chi connectivity index (χ1) is 7.68. The zero-order chi connectivity index (χ0) is 11.5. The van der Waals surface area contributed by atoms with Crippen LogP contribution in [0.1, 0.15) is 12.0 Å². The van der Waals surface area contributed by atoms with E-state index in [4.69, 9.17) is 11.5 Å². The maximum Gasteiger partial charge on any atom is 0.221 e. The highest BCUT2D eigenvalue weighted by atomic mass is 16.1. The number of nitrogens with two attached hydrogens (primary N) is 2. The summed E-state index contributed by atoms with van der Waals surface area (Å²) in [5.41, 5.74) is 12.3. The Bertz CT molecular complexity index is 557. The van der Waals surface area contributed by atoms with E-state index in [1.807, 2.05) is 0 Å². The van der Waals surface area contributed by atoms with Gasteiger partial charge in [0.1, 0.15) is 17.8 Å². The molecule has 0 saturated carbocycles. The molecule has 0 spiro atoms. The van der Waals surface area contributed by atoms with Gasteiger partial charge in [0.2, 0.25) is 5.91 Å². The zero-order valence-corrected chi connectivity index (χ0v) is 8.47. The predicted octanol–water partition coefficient (Wildman–Crippen LogP) is 0.429. The maximum absolute atomic E-state index is 10.6. The quantitative estimate of drug-likeness (QED) is 0.692. The number of H-pyrrole nitrogens is 1. The van der Waals surface area contributed by atoms with Crippen LogP contribution in [0.3, 0.4) is 0 Å². The predicted molar refractivity (Wildman–Crippen MR) is 61.1 cm³/mol. The van der Waals surface area contributed by atoms with Crippen molar-refractivity contribution in [1.29, 1.82) is 0 Å². The van der Waals surface area contributed by atoms with Gasteiger partial charge >= 0.3 is 0 Å². The van der Waals surface area contributed by atoms with Crippen LogP contribution >= 0.6 is 0 Å². The van der Waals surface area contributed by atoms with E-state index < -0.39 is 0 Å². The summed E-state index contributed by atoms with van der Waals surface area (Å²) < 4.78 is 0. The van der Waals surface area contributed by atoms with Crippen molar-refractivity contribution >= 4 is 28.8 Å². The van der Waals surface area contributed by atoms with Gasteiger partial charge in [0.25, 0.3) is 0 Å². The van der Waals surface area contributed by atoms with Crippen molar-refractivity contribution in [3.63, 3.8) is 0 Å². The van der Waals surface area contributed by atoms with E-state index in [0.29, 0.717) is 11.5 Å². The lowest BCUT2D eigenvalue weighted by atomic mass is 10.2. The number of rotatable bonds is 3. The van der Waals surface area contributed by atoms with Crippen LogP contribution in [0.5, 0.6) is 0 Å². The second-order valence-corrected chi connectivity index (χ2v) is 3.30. The summed E-state index contributed by atoms with van der Waals surface area (Å²) in [6, 6.07) is 0. The number of aromatic amines is 1. The molecule has 2 rings (SSSR count). The minimum Gasteiger partial charge on any atom is -0.383 e. The second-order valence-electron chi connectivity index (χ2n) is 3.30. The van der Waals surface area contributed by atoms with Crippen molar-refractivity contribution in [2.45, 2.75) is 6.42 Å². The smallest absolute Gasteiger partial charge is 0.221 e. The van der Waals surface area contributed by atoms with E-state index in [1.54, 1.807) is 18.3 Å². The van der Waals surface area contributed by atoms with E-state index in [1.165, 1.54) is 6.33 Å². The Labute approximate surface area is 91.4 Å². The molecule has 0 aliphatic heterocycles. The summed E-state index contributed by atoms with van der Waals surface area (Å²) in [5, 5.41) is 0.753. The van der Waals surface area contributed by atoms with Crippen molar-refractivity contribution in [3.05, 3.63) is 24.2 Å². The van der Waals surface area contributed by atoms with E-state index in [-0.39, 0.29) is 12.3 Å². The van der Waals surface area contributed by atoms with Gasteiger partial charge in [0.05, 0.1) is 5.39 Å². The first kappa shape index (κ1) is 10.2. The molecule has 0 fully saturated rings. The van der Waals surface area contributed by atoms with Crippen molar-refractivity contribution in [3.8, 4) is 0 Å². The molecule has 6 heteroatoms. The molecule has 82 valence electrons. The third-order valence-electron chi connectivity index (χ3n) is 2.15. The van der Waals surface area contributed by atoms with Crippen molar-refractivity contribution in [2.75, 3.05) is 5.73 Å². The maximum atomic E-state index is 10.6. The van der Waals surface area contributed by atoms with Crippen molar-refractivity contribution < 1.29 is 4.79 Å². The average molecular weight is 217 g/mol. The first-order valence-corrected chi connectivity index (χ1v) is 4.71. The molecule has 1 amide bonds. The SMILES string of the molecule is NC(=O)CC=Cc1c[nH]c2ncnc(N)c12. The molecule has 2 heterocycles. The fourth-order valence-corrected chi connectivity index (χ4v) is 1.45. The number of hydrogen-bond donors (Lipinski definition) is 3. The molecule has 2 aromatic heterocycles. The Morgan fingerprint density at radius 3 is 3.06 bits per heavy atom. The largest absolute Gasteiger partial charge is 0.383 e. The fourth-order valence-electron chi connectivity index (χ4n) is 1.45. The molecule has 0 aliphatic carbocycles. The minimum absolute atomic E-state index is 0.195. The number of anilines is 1. The lowest BCUT2D eigenvalue weighted by Gasteiger charge is -1.95. The van der Waals surface area contributed by atoms with E-state index in [9.17, 15) is 4.79 Å². The Morgan fingerprint density at radius 1 is 1.50 bits per heavy atom. The highest BCUT2D eigenvalue weighted by Gasteiger charge is 2.05. The van der Waals surface area contributed by atoms with Crippen molar-refractivity contribution in [1.82, 2.24) is 15.0 Å². The molecule has 0 aromatic carbocycles. The number of carbonyl (C=O) groups excluding carboxylic acids is 1. The lowest BCUT2D eigenvalue weighted by Crippen LogP contribution is -2.07. The third-order valence-corrected chi connectivity index (χ3v) is 2.15. The van der Waals surface area contributed by atoms with Crippen LogP contribution in [0, 0.1) is 0 Å². The second kappa shape index (κ2) is 4.01. The molecule has 0 unspecified atom stereocenters. The number of carbonyl (C=O) groups is 1. The molecule has 0 bridgehead atoms. The summed E-state index contributed by atoms with van der Waals surface area (Å²) in [5.74, 6) is 0.0327. The number of aromatic nitrogens is 3. The molecule has 5 N–H and O–H groups in total. The zero-order valence-electron chi connectivity index (χ0n) is 8.47. The van der Waals surface area contributed by atoms with E-state index >= 15 is 0 Å². The fraction of sp³-hybridized carbons (Fsp3) is 0.100. The van der Waals surface area contributed by atoms with Crippen LogP contribution in [0.4, 0.5) is 5.82 Å². The molecule has 16 heavy (non-hydrogen) atoms. The Kier molecular flexibility index (Phi) is 2.55. The number of fused-ring (bicyclic) bond motifs is 1. The Balaban J connectivity index is 2.38. The third kappa shape index (κ3) is 1.85. The summed E-state index contributed by atoms with van der Waals surface area (Å²) in [6.45, 7) is 0. The number of hydrogen-bond acceptors (Lipinski definition) is 4. The normalized spacial score (nSPS) is 11.2. The molecule has 0 atom stereocenters. The van der Waals surface area contributed by atoms with Crippen LogP contribution < -0.4 is 11.5 Å². The molecular formula is C10H11N5O. The summed E-state index contributed by atoms with van der Waals surface area (Å²) in [7, 11) is 0. The summed E-state index contributed by atoms with van der Waals surface area (Å²) in [6.07, 6.45) is 6.79. The van der Waals surface area contributed by atoms with Gasteiger partial charge in [-0.05, 0) is 0 Å². The Hall–Kier alpha value is -2.37. The number of nitrogen functional groups attached to an aromatic ring is 1. The van der Waals surface area contributed by atoms with Gasteiger partial charge in [-0.15, -0.1) is 0 Å². The van der Waals surface area contributed by atoms with Crippen molar-refractivity contribution in [2.24, 2.45) is 5.73 Å². The van der Waals surface area contributed by atoms with Crippen LogP contribution in [0.15, 0.2) is 18.6 Å². The molecular weight excluding hydrogens is 206 g/mol. The number of nitrogens with zero attached hydrogens (tertiary/aromatic N) is 2. The van der Waals surface area contributed by atoms with Gasteiger partial charge in [-0.2, -0.15) is 0 Å². The summed E-state index contributed by atoms with van der Waals surface area (Å²) in [4.78, 5) is 21.5. The topological polar surface area (TPSA) is 111 Å². The highest BCUT2D eigenvalue weighted by Crippen LogP contribution is 2.21. The summed E-state index contributed by atoms with van der Waals surface area (Å²) >= 11 is 0. The lowest BCUT2D eigenvalue weighted by molar-refractivity contribution is -0.117. The van der Waals surface area contributed by atoms with E-state index in [0.717, 1.165) is 10.9 Å². The highest BCUT2D eigenvalue weighted by molar-refractivity contribution is 5.94. The average Bonchev–Trinajstić information content (AvgIpc) is 2.62. The van der Waals surface area contributed by atoms with Gasteiger partial charge in [0.15, 0.2) is 0 Å². The van der Waals surface area contributed by atoms with Gasteiger partial charge in [-0.25, -0.2) is 9.97 Å². The van der Waals surface area contributed by atoms with Gasteiger partial charge in [-0.3, -0.25) is 4.79 Å².